The third kappa shape index (κ3) is 4.96. The first-order valence-electron chi connectivity index (χ1n) is 6.76. The van der Waals surface area contributed by atoms with E-state index in [1.54, 1.807) is 0 Å². The van der Waals surface area contributed by atoms with Gasteiger partial charge in [0.1, 0.15) is 0 Å². The highest BCUT2D eigenvalue weighted by Crippen LogP contribution is 2.25. The first-order chi connectivity index (χ1) is 8.97. The van der Waals surface area contributed by atoms with Crippen molar-refractivity contribution in [3.05, 3.63) is 27.7 Å². The molecule has 19 heavy (non-hydrogen) atoms. The lowest BCUT2D eigenvalue weighted by atomic mass is 10.1. The molecule has 0 aliphatic carbocycles. The molecule has 0 heterocycles. The van der Waals surface area contributed by atoms with Gasteiger partial charge in [-0.3, -0.25) is 4.79 Å². The molecule has 0 aliphatic rings. The van der Waals surface area contributed by atoms with Crippen molar-refractivity contribution in [2.45, 2.75) is 34.1 Å². The molecule has 0 bridgehead atoms. The van der Waals surface area contributed by atoms with Gasteiger partial charge in [0.15, 0.2) is 0 Å². The summed E-state index contributed by atoms with van der Waals surface area (Å²) in [6.45, 7) is 11.0. The highest BCUT2D eigenvalue weighted by atomic mass is 79.9. The average Bonchev–Trinajstić information content (AvgIpc) is 2.35. The molecule has 3 nitrogen and oxygen atoms in total. The Kier molecular flexibility index (Phi) is 6.52. The van der Waals surface area contributed by atoms with Crippen LogP contribution in [0, 0.1) is 13.8 Å². The fourth-order valence-electron chi connectivity index (χ4n) is 2.11. The van der Waals surface area contributed by atoms with Crippen LogP contribution in [0.3, 0.4) is 0 Å². The Bertz CT molecular complexity index is 419. The van der Waals surface area contributed by atoms with E-state index in [0.717, 1.165) is 40.9 Å². The van der Waals surface area contributed by atoms with Crippen LogP contribution in [0.5, 0.6) is 0 Å². The van der Waals surface area contributed by atoms with Crippen LogP contribution in [0.2, 0.25) is 0 Å². The van der Waals surface area contributed by atoms with Gasteiger partial charge in [-0.05, 0) is 50.2 Å². The molecule has 0 saturated heterocycles. The Balaban J connectivity index is 2.62. The van der Waals surface area contributed by atoms with Crippen molar-refractivity contribution in [3.63, 3.8) is 0 Å². The van der Waals surface area contributed by atoms with Crippen molar-refractivity contribution in [1.82, 2.24) is 4.90 Å². The monoisotopic (exact) mass is 326 g/mol. The second kappa shape index (κ2) is 7.65. The summed E-state index contributed by atoms with van der Waals surface area (Å²) in [4.78, 5) is 14.2. The maximum atomic E-state index is 12.0. The van der Waals surface area contributed by atoms with E-state index in [1.165, 1.54) is 0 Å². The van der Waals surface area contributed by atoms with E-state index in [1.807, 2.05) is 26.0 Å². The molecule has 0 radical (unpaired) electrons. The molecular weight excluding hydrogens is 304 g/mol. The van der Waals surface area contributed by atoms with Gasteiger partial charge in [0, 0.05) is 23.1 Å². The molecule has 1 rings (SSSR count). The van der Waals surface area contributed by atoms with Gasteiger partial charge in [-0.25, -0.2) is 0 Å². The number of aryl methyl sites for hydroxylation is 2. The Morgan fingerprint density at radius 1 is 1.21 bits per heavy atom. The smallest absolute Gasteiger partial charge is 0.225 e. The zero-order chi connectivity index (χ0) is 14.4. The van der Waals surface area contributed by atoms with Crippen molar-refractivity contribution < 1.29 is 4.79 Å². The summed E-state index contributed by atoms with van der Waals surface area (Å²) in [5.41, 5.74) is 3.11. The number of carbonyl (C=O) groups is 1. The fourth-order valence-corrected chi connectivity index (χ4v) is 2.80. The number of nitrogens with one attached hydrogen (secondary N) is 1. The van der Waals surface area contributed by atoms with Crippen LogP contribution in [0.25, 0.3) is 0 Å². The van der Waals surface area contributed by atoms with Gasteiger partial charge in [-0.2, -0.15) is 0 Å². The summed E-state index contributed by atoms with van der Waals surface area (Å²) in [5, 5.41) is 3.02. The third-order valence-electron chi connectivity index (χ3n) is 3.31. The minimum absolute atomic E-state index is 0.0837. The normalized spacial score (nSPS) is 10.8. The lowest BCUT2D eigenvalue weighted by Gasteiger charge is -2.18. The molecule has 0 fully saturated rings. The van der Waals surface area contributed by atoms with Gasteiger partial charge < -0.3 is 10.2 Å². The quantitative estimate of drug-likeness (QED) is 0.863. The molecule has 0 aliphatic heterocycles. The zero-order valence-electron chi connectivity index (χ0n) is 12.2. The van der Waals surface area contributed by atoms with E-state index in [2.05, 4.69) is 40.0 Å². The van der Waals surface area contributed by atoms with Crippen LogP contribution >= 0.6 is 15.9 Å². The summed E-state index contributed by atoms with van der Waals surface area (Å²) in [5.74, 6) is 0.0837. The molecule has 1 aromatic carbocycles. The van der Waals surface area contributed by atoms with E-state index in [0.29, 0.717) is 6.42 Å². The molecule has 0 saturated carbocycles. The molecular formula is C15H23BrN2O. The minimum atomic E-state index is 0.0837. The molecule has 106 valence electrons. The number of halogens is 1. The molecule has 1 N–H and O–H groups in total. The number of benzene rings is 1. The van der Waals surface area contributed by atoms with E-state index >= 15 is 0 Å². The Labute approximate surface area is 124 Å². The van der Waals surface area contributed by atoms with Crippen molar-refractivity contribution in [2.75, 3.05) is 25.0 Å². The van der Waals surface area contributed by atoms with Crippen LogP contribution in [0.4, 0.5) is 5.69 Å². The molecule has 0 aromatic heterocycles. The maximum absolute atomic E-state index is 12.0. The first-order valence-corrected chi connectivity index (χ1v) is 7.56. The first kappa shape index (κ1) is 16.2. The number of carbonyl (C=O) groups excluding carboxylic acids is 1. The minimum Gasteiger partial charge on any atom is -0.326 e. The third-order valence-corrected chi connectivity index (χ3v) is 3.77. The second-order valence-electron chi connectivity index (χ2n) is 4.74. The highest BCUT2D eigenvalue weighted by Gasteiger charge is 2.09. The number of amides is 1. The maximum Gasteiger partial charge on any atom is 0.225 e. The zero-order valence-corrected chi connectivity index (χ0v) is 13.8. The van der Waals surface area contributed by atoms with Crippen molar-refractivity contribution in [2.24, 2.45) is 0 Å². The Hall–Kier alpha value is -0.870. The van der Waals surface area contributed by atoms with Crippen LogP contribution in [-0.2, 0) is 4.79 Å². The summed E-state index contributed by atoms with van der Waals surface area (Å²) >= 11 is 3.46. The van der Waals surface area contributed by atoms with E-state index < -0.39 is 0 Å². The van der Waals surface area contributed by atoms with E-state index in [4.69, 9.17) is 0 Å². The van der Waals surface area contributed by atoms with Gasteiger partial charge in [-0.1, -0.05) is 29.8 Å². The van der Waals surface area contributed by atoms with Gasteiger partial charge >= 0.3 is 0 Å². The van der Waals surface area contributed by atoms with Crippen LogP contribution in [0.1, 0.15) is 31.4 Å². The van der Waals surface area contributed by atoms with Crippen LogP contribution < -0.4 is 5.32 Å². The van der Waals surface area contributed by atoms with Gasteiger partial charge in [-0.15, -0.1) is 0 Å². The lowest BCUT2D eigenvalue weighted by Crippen LogP contribution is -2.27. The van der Waals surface area contributed by atoms with E-state index in [9.17, 15) is 4.79 Å². The number of rotatable bonds is 6. The van der Waals surface area contributed by atoms with Crippen LogP contribution in [-0.4, -0.2) is 30.4 Å². The summed E-state index contributed by atoms with van der Waals surface area (Å²) in [6, 6.07) is 4.04. The molecule has 0 spiro atoms. The number of anilines is 1. The van der Waals surface area contributed by atoms with Crippen molar-refractivity contribution >= 4 is 27.5 Å². The Morgan fingerprint density at radius 3 is 2.21 bits per heavy atom. The van der Waals surface area contributed by atoms with Gasteiger partial charge in [0.05, 0.1) is 0 Å². The molecule has 0 atom stereocenters. The lowest BCUT2D eigenvalue weighted by molar-refractivity contribution is -0.116. The molecule has 4 heteroatoms. The summed E-state index contributed by atoms with van der Waals surface area (Å²) in [7, 11) is 0. The predicted octanol–water partition coefficient (Wildman–Crippen LogP) is 3.74. The topological polar surface area (TPSA) is 32.3 Å². The molecule has 1 aromatic rings. The molecule has 0 unspecified atom stereocenters. The number of nitrogens with zero attached hydrogens (tertiary/aromatic N) is 1. The van der Waals surface area contributed by atoms with Gasteiger partial charge in [0.2, 0.25) is 5.91 Å². The SMILES string of the molecule is CCN(CC)CCC(=O)Nc1c(C)cc(Br)cc1C. The van der Waals surface area contributed by atoms with Crippen LogP contribution in [0.15, 0.2) is 16.6 Å². The number of hydrogen-bond donors (Lipinski definition) is 1. The second-order valence-corrected chi connectivity index (χ2v) is 5.66. The Morgan fingerprint density at radius 2 is 1.74 bits per heavy atom. The predicted molar refractivity (Wildman–Crippen MR) is 84.7 cm³/mol. The summed E-state index contributed by atoms with van der Waals surface area (Å²) in [6.07, 6.45) is 0.538. The standard InChI is InChI=1S/C15H23BrN2O/c1-5-18(6-2)8-7-14(19)17-15-11(3)9-13(16)10-12(15)4/h9-10H,5-8H2,1-4H3,(H,17,19). The number of hydrogen-bond acceptors (Lipinski definition) is 2. The van der Waals surface area contributed by atoms with Crippen molar-refractivity contribution in [1.29, 1.82) is 0 Å². The van der Waals surface area contributed by atoms with E-state index in [-0.39, 0.29) is 5.91 Å². The fraction of sp³-hybridized carbons (Fsp3) is 0.533. The molecule has 1 amide bonds. The summed E-state index contributed by atoms with van der Waals surface area (Å²) < 4.78 is 1.05. The van der Waals surface area contributed by atoms with Gasteiger partial charge in [0.25, 0.3) is 0 Å². The average molecular weight is 327 g/mol. The highest BCUT2D eigenvalue weighted by molar-refractivity contribution is 9.10. The largest absolute Gasteiger partial charge is 0.326 e. The van der Waals surface area contributed by atoms with Crippen molar-refractivity contribution in [3.8, 4) is 0 Å².